The summed E-state index contributed by atoms with van der Waals surface area (Å²) in [6.07, 6.45) is 0.785. The molecular formula is C23H24N2O2S. The maximum atomic E-state index is 6.05. The van der Waals surface area contributed by atoms with E-state index in [-0.39, 0.29) is 5.60 Å². The van der Waals surface area contributed by atoms with Gasteiger partial charge in [0.2, 0.25) is 0 Å². The van der Waals surface area contributed by atoms with Gasteiger partial charge in [-0.25, -0.2) is 9.97 Å². The van der Waals surface area contributed by atoms with Crippen molar-refractivity contribution in [2.24, 2.45) is 0 Å². The zero-order chi connectivity index (χ0) is 19.6. The lowest BCUT2D eigenvalue weighted by Gasteiger charge is -2.32. The van der Waals surface area contributed by atoms with Crippen LogP contribution in [0, 0.1) is 0 Å². The van der Waals surface area contributed by atoms with Gasteiger partial charge in [0.15, 0.2) is 5.82 Å². The fourth-order valence-electron chi connectivity index (χ4n) is 3.24. The van der Waals surface area contributed by atoms with Gasteiger partial charge < -0.3 is 9.47 Å². The summed E-state index contributed by atoms with van der Waals surface area (Å²) in [7, 11) is 1.67. The highest BCUT2D eigenvalue weighted by atomic mass is 32.2. The number of ether oxygens (including phenoxy) is 2. The first-order valence-corrected chi connectivity index (χ1v) is 10.4. The van der Waals surface area contributed by atoms with Gasteiger partial charge in [-0.15, -0.1) is 11.8 Å². The van der Waals surface area contributed by atoms with Gasteiger partial charge in [0.25, 0.3) is 0 Å². The van der Waals surface area contributed by atoms with E-state index in [9.17, 15) is 0 Å². The van der Waals surface area contributed by atoms with Crippen LogP contribution >= 0.6 is 11.8 Å². The average molecular weight is 393 g/mol. The Morgan fingerprint density at radius 1 is 1.04 bits per heavy atom. The van der Waals surface area contributed by atoms with E-state index in [1.54, 1.807) is 18.9 Å². The Bertz CT molecular complexity index is 956. The predicted molar refractivity (Wildman–Crippen MR) is 113 cm³/mol. The number of nitrogens with zero attached hydrogens (tertiary/aromatic N) is 2. The lowest BCUT2D eigenvalue weighted by Crippen LogP contribution is -2.33. The molecule has 0 radical (unpaired) electrons. The molecule has 0 fully saturated rings. The largest absolute Gasteiger partial charge is 0.497 e. The first kappa shape index (κ1) is 19.0. The van der Waals surface area contributed by atoms with Gasteiger partial charge in [-0.2, -0.15) is 0 Å². The van der Waals surface area contributed by atoms with Gasteiger partial charge >= 0.3 is 0 Å². The van der Waals surface area contributed by atoms with Crippen LogP contribution in [0.25, 0.3) is 11.4 Å². The molecule has 4 rings (SSSR count). The second kappa shape index (κ2) is 7.94. The van der Waals surface area contributed by atoms with Crippen molar-refractivity contribution in [1.82, 2.24) is 9.97 Å². The van der Waals surface area contributed by atoms with Gasteiger partial charge in [0.1, 0.15) is 10.8 Å². The van der Waals surface area contributed by atoms with E-state index in [0.29, 0.717) is 6.61 Å². The standard InChI is InChI=1S/C23H24N2O2S/c1-23(2)13-20-19(14-27-23)22(28-15-16-7-5-4-6-8-16)25-21(24-20)17-9-11-18(26-3)12-10-17/h4-12H,13-15H2,1-3H3. The normalized spacial score (nSPS) is 15.1. The number of hydrogen-bond donors (Lipinski definition) is 0. The molecule has 0 saturated carbocycles. The Kier molecular flexibility index (Phi) is 5.38. The third kappa shape index (κ3) is 4.21. The zero-order valence-corrected chi connectivity index (χ0v) is 17.3. The first-order chi connectivity index (χ1) is 13.5. The molecule has 0 atom stereocenters. The van der Waals surface area contributed by atoms with Crippen LogP contribution in [0.3, 0.4) is 0 Å². The molecule has 0 saturated heterocycles. The molecule has 144 valence electrons. The summed E-state index contributed by atoms with van der Waals surface area (Å²) in [5.41, 5.74) is 4.28. The Balaban J connectivity index is 1.70. The van der Waals surface area contributed by atoms with Gasteiger partial charge in [0, 0.05) is 23.3 Å². The summed E-state index contributed by atoms with van der Waals surface area (Å²) in [5.74, 6) is 2.46. The summed E-state index contributed by atoms with van der Waals surface area (Å²) < 4.78 is 11.3. The number of fused-ring (bicyclic) bond motifs is 1. The number of thioether (sulfide) groups is 1. The van der Waals surface area contributed by atoms with Crippen molar-refractivity contribution in [3.63, 3.8) is 0 Å². The zero-order valence-electron chi connectivity index (χ0n) is 16.4. The van der Waals surface area contributed by atoms with Crippen LogP contribution < -0.4 is 4.74 Å². The lowest BCUT2D eigenvalue weighted by atomic mass is 9.96. The molecule has 0 N–H and O–H groups in total. The predicted octanol–water partition coefficient (Wildman–Crippen LogP) is 5.30. The summed E-state index contributed by atoms with van der Waals surface area (Å²) in [6.45, 7) is 4.78. The molecule has 1 aromatic heterocycles. The van der Waals surface area contributed by atoms with Crippen LogP contribution in [0.5, 0.6) is 5.75 Å². The van der Waals surface area contributed by atoms with Gasteiger partial charge in [-0.1, -0.05) is 30.3 Å². The summed E-state index contributed by atoms with van der Waals surface area (Å²) >= 11 is 1.75. The fourth-order valence-corrected chi connectivity index (χ4v) is 4.23. The topological polar surface area (TPSA) is 44.2 Å². The van der Waals surface area contributed by atoms with E-state index in [0.717, 1.165) is 45.6 Å². The molecule has 0 amide bonds. The molecule has 28 heavy (non-hydrogen) atoms. The lowest BCUT2D eigenvalue weighted by molar-refractivity contribution is -0.0428. The molecule has 2 aromatic carbocycles. The van der Waals surface area contributed by atoms with Crippen LogP contribution in [0.4, 0.5) is 0 Å². The van der Waals surface area contributed by atoms with Crippen molar-refractivity contribution in [2.45, 2.75) is 43.3 Å². The van der Waals surface area contributed by atoms with Crippen LogP contribution in [0.2, 0.25) is 0 Å². The maximum absolute atomic E-state index is 6.05. The highest BCUT2D eigenvalue weighted by Crippen LogP contribution is 2.35. The number of methoxy groups -OCH3 is 1. The minimum Gasteiger partial charge on any atom is -0.497 e. The van der Waals surface area contributed by atoms with Crippen LogP contribution in [0.1, 0.15) is 30.7 Å². The Labute approximate surface area is 170 Å². The number of aromatic nitrogens is 2. The summed E-state index contributed by atoms with van der Waals surface area (Å²) in [6, 6.07) is 18.4. The molecule has 2 heterocycles. The van der Waals surface area contributed by atoms with E-state index in [4.69, 9.17) is 19.4 Å². The van der Waals surface area contributed by atoms with Crippen molar-refractivity contribution in [2.75, 3.05) is 7.11 Å². The van der Waals surface area contributed by atoms with Crippen molar-refractivity contribution in [3.8, 4) is 17.1 Å². The van der Waals surface area contributed by atoms with Crippen LogP contribution in [0.15, 0.2) is 59.6 Å². The van der Waals surface area contributed by atoms with E-state index in [1.807, 2.05) is 30.3 Å². The Morgan fingerprint density at radius 2 is 1.79 bits per heavy atom. The molecule has 4 nitrogen and oxygen atoms in total. The molecule has 0 spiro atoms. The number of hydrogen-bond acceptors (Lipinski definition) is 5. The van der Waals surface area contributed by atoms with Gasteiger partial charge in [-0.05, 0) is 43.7 Å². The van der Waals surface area contributed by atoms with Crippen molar-refractivity contribution >= 4 is 11.8 Å². The average Bonchev–Trinajstić information content (AvgIpc) is 2.71. The summed E-state index contributed by atoms with van der Waals surface area (Å²) in [5, 5.41) is 1.01. The molecule has 5 heteroatoms. The maximum Gasteiger partial charge on any atom is 0.160 e. The third-order valence-electron chi connectivity index (χ3n) is 4.82. The highest BCUT2D eigenvalue weighted by Gasteiger charge is 2.30. The first-order valence-electron chi connectivity index (χ1n) is 9.39. The van der Waals surface area contributed by atoms with Crippen molar-refractivity contribution in [1.29, 1.82) is 0 Å². The molecule has 1 aliphatic heterocycles. The van der Waals surface area contributed by atoms with Gasteiger partial charge in [0.05, 0.1) is 25.0 Å². The molecule has 1 aliphatic rings. The second-order valence-electron chi connectivity index (χ2n) is 7.51. The van der Waals surface area contributed by atoms with Gasteiger partial charge in [-0.3, -0.25) is 0 Å². The van der Waals surface area contributed by atoms with Crippen molar-refractivity contribution < 1.29 is 9.47 Å². The molecule has 3 aromatic rings. The third-order valence-corrected chi connectivity index (χ3v) is 5.91. The molecular weight excluding hydrogens is 368 g/mol. The van der Waals surface area contributed by atoms with Crippen LogP contribution in [-0.4, -0.2) is 22.7 Å². The Morgan fingerprint density at radius 3 is 2.50 bits per heavy atom. The Hall–Kier alpha value is -2.37. The minimum atomic E-state index is -0.208. The fraction of sp³-hybridized carbons (Fsp3) is 0.304. The van der Waals surface area contributed by atoms with E-state index >= 15 is 0 Å². The monoisotopic (exact) mass is 392 g/mol. The molecule has 0 aliphatic carbocycles. The van der Waals surface area contributed by atoms with E-state index in [2.05, 4.69) is 38.1 Å². The number of benzene rings is 2. The molecule has 0 bridgehead atoms. The summed E-state index contributed by atoms with van der Waals surface area (Å²) in [4.78, 5) is 9.81. The van der Waals surface area contributed by atoms with Crippen molar-refractivity contribution in [3.05, 3.63) is 71.4 Å². The minimum absolute atomic E-state index is 0.208. The quantitative estimate of drug-likeness (QED) is 0.436. The van der Waals surface area contributed by atoms with E-state index in [1.165, 1.54) is 5.56 Å². The smallest absolute Gasteiger partial charge is 0.160 e. The SMILES string of the molecule is COc1ccc(-c2nc3c(c(SCc4ccccc4)n2)COC(C)(C)C3)cc1. The molecule has 0 unspecified atom stereocenters. The number of rotatable bonds is 5. The second-order valence-corrected chi connectivity index (χ2v) is 8.47. The highest BCUT2D eigenvalue weighted by molar-refractivity contribution is 7.98. The van der Waals surface area contributed by atoms with E-state index < -0.39 is 0 Å². The van der Waals surface area contributed by atoms with Crippen LogP contribution in [-0.2, 0) is 23.5 Å².